The van der Waals surface area contributed by atoms with E-state index >= 15 is 0 Å². The molecule has 0 spiro atoms. The summed E-state index contributed by atoms with van der Waals surface area (Å²) >= 11 is 0. The third kappa shape index (κ3) is 2.00. The summed E-state index contributed by atoms with van der Waals surface area (Å²) in [4.78, 5) is 10.9. The van der Waals surface area contributed by atoms with Crippen LogP contribution in [-0.2, 0) is 0 Å². The van der Waals surface area contributed by atoms with E-state index in [1.807, 2.05) is 25.4 Å². The van der Waals surface area contributed by atoms with Gasteiger partial charge in [-0.3, -0.25) is 5.10 Å². The standard InChI is InChI=1S/C12H15N5/c1-9-13-5-3-12(15-9)17-7-4-10(8-17)11-2-6-14-16-11/h2-3,5-6,10H,4,7-8H2,1H3,(H,14,16). The summed E-state index contributed by atoms with van der Waals surface area (Å²) in [5.74, 6) is 2.39. The normalized spacial score (nSPS) is 19.8. The number of H-pyrrole nitrogens is 1. The van der Waals surface area contributed by atoms with Crippen LogP contribution in [0.4, 0.5) is 5.82 Å². The molecule has 5 heteroatoms. The molecule has 1 N–H and O–H groups in total. The van der Waals surface area contributed by atoms with Gasteiger partial charge in [-0.05, 0) is 25.5 Å². The van der Waals surface area contributed by atoms with Gasteiger partial charge in [0.15, 0.2) is 0 Å². The summed E-state index contributed by atoms with van der Waals surface area (Å²) in [6.45, 7) is 3.96. The zero-order valence-electron chi connectivity index (χ0n) is 9.80. The maximum absolute atomic E-state index is 4.46. The summed E-state index contributed by atoms with van der Waals surface area (Å²) in [6.07, 6.45) is 4.78. The van der Waals surface area contributed by atoms with Crippen molar-refractivity contribution in [3.63, 3.8) is 0 Å². The fourth-order valence-corrected chi connectivity index (χ4v) is 2.34. The summed E-state index contributed by atoms with van der Waals surface area (Å²) < 4.78 is 0. The maximum atomic E-state index is 4.46. The summed E-state index contributed by atoms with van der Waals surface area (Å²) in [5, 5.41) is 7.06. The maximum Gasteiger partial charge on any atom is 0.132 e. The van der Waals surface area contributed by atoms with Gasteiger partial charge in [0.25, 0.3) is 0 Å². The van der Waals surface area contributed by atoms with Gasteiger partial charge in [0, 0.05) is 37.1 Å². The van der Waals surface area contributed by atoms with Crippen molar-refractivity contribution >= 4 is 5.82 Å². The molecule has 1 fully saturated rings. The van der Waals surface area contributed by atoms with Crippen molar-refractivity contribution in [3.05, 3.63) is 36.0 Å². The van der Waals surface area contributed by atoms with Crippen LogP contribution < -0.4 is 4.90 Å². The molecule has 1 aliphatic rings. The highest BCUT2D eigenvalue weighted by Crippen LogP contribution is 2.28. The minimum Gasteiger partial charge on any atom is -0.356 e. The topological polar surface area (TPSA) is 57.7 Å². The van der Waals surface area contributed by atoms with E-state index in [0.29, 0.717) is 5.92 Å². The van der Waals surface area contributed by atoms with E-state index in [4.69, 9.17) is 0 Å². The highest BCUT2D eigenvalue weighted by Gasteiger charge is 2.25. The molecule has 0 aromatic carbocycles. The average Bonchev–Trinajstić information content (AvgIpc) is 3.00. The van der Waals surface area contributed by atoms with Crippen LogP contribution in [0.3, 0.4) is 0 Å². The molecular formula is C12H15N5. The average molecular weight is 229 g/mol. The Labute approximate surface area is 99.9 Å². The van der Waals surface area contributed by atoms with Crippen LogP contribution in [0.5, 0.6) is 0 Å². The fraction of sp³-hybridized carbons (Fsp3) is 0.417. The minimum atomic E-state index is 0.535. The van der Waals surface area contributed by atoms with Gasteiger partial charge in [-0.25, -0.2) is 9.97 Å². The van der Waals surface area contributed by atoms with Gasteiger partial charge in [0.2, 0.25) is 0 Å². The van der Waals surface area contributed by atoms with E-state index in [1.54, 1.807) is 0 Å². The van der Waals surface area contributed by atoms with Crippen LogP contribution in [0, 0.1) is 6.92 Å². The number of hydrogen-bond acceptors (Lipinski definition) is 4. The van der Waals surface area contributed by atoms with E-state index in [1.165, 1.54) is 5.69 Å². The van der Waals surface area contributed by atoms with Crippen LogP contribution in [-0.4, -0.2) is 33.3 Å². The summed E-state index contributed by atoms with van der Waals surface area (Å²) in [5.41, 5.74) is 1.22. The Kier molecular flexibility index (Phi) is 2.51. The molecule has 0 radical (unpaired) electrons. The lowest BCUT2D eigenvalue weighted by Crippen LogP contribution is -2.20. The predicted molar refractivity (Wildman–Crippen MR) is 64.9 cm³/mol. The predicted octanol–water partition coefficient (Wildman–Crippen LogP) is 1.50. The van der Waals surface area contributed by atoms with E-state index < -0.39 is 0 Å². The quantitative estimate of drug-likeness (QED) is 0.848. The van der Waals surface area contributed by atoms with Crippen LogP contribution in [0.15, 0.2) is 24.5 Å². The molecule has 2 aromatic rings. The van der Waals surface area contributed by atoms with Gasteiger partial charge >= 0.3 is 0 Å². The Hall–Kier alpha value is -1.91. The van der Waals surface area contributed by atoms with Crippen LogP contribution >= 0.6 is 0 Å². The number of aromatic nitrogens is 4. The molecule has 0 amide bonds. The molecule has 0 bridgehead atoms. The molecule has 5 nitrogen and oxygen atoms in total. The van der Waals surface area contributed by atoms with Crippen LogP contribution in [0.2, 0.25) is 0 Å². The summed E-state index contributed by atoms with van der Waals surface area (Å²) in [6, 6.07) is 4.03. The van der Waals surface area contributed by atoms with Crippen molar-refractivity contribution in [2.45, 2.75) is 19.3 Å². The van der Waals surface area contributed by atoms with Crippen LogP contribution in [0.1, 0.15) is 23.9 Å². The van der Waals surface area contributed by atoms with Crippen molar-refractivity contribution in [1.29, 1.82) is 0 Å². The molecule has 2 aromatic heterocycles. The minimum absolute atomic E-state index is 0.535. The fourth-order valence-electron chi connectivity index (χ4n) is 2.34. The largest absolute Gasteiger partial charge is 0.356 e. The molecular weight excluding hydrogens is 214 g/mol. The lowest BCUT2D eigenvalue weighted by atomic mass is 10.1. The Bertz CT molecular complexity index is 493. The van der Waals surface area contributed by atoms with Gasteiger partial charge in [0.05, 0.1) is 0 Å². The molecule has 0 saturated carbocycles. The number of anilines is 1. The zero-order valence-corrected chi connectivity index (χ0v) is 9.80. The SMILES string of the molecule is Cc1nccc(N2CCC(c3ccn[nH]3)C2)n1. The van der Waals surface area contributed by atoms with E-state index in [2.05, 4.69) is 31.1 Å². The monoisotopic (exact) mass is 229 g/mol. The number of nitrogens with one attached hydrogen (secondary N) is 1. The van der Waals surface area contributed by atoms with Crippen molar-refractivity contribution in [2.24, 2.45) is 0 Å². The molecule has 17 heavy (non-hydrogen) atoms. The first-order chi connectivity index (χ1) is 8.33. The Morgan fingerprint density at radius 1 is 1.35 bits per heavy atom. The Morgan fingerprint density at radius 3 is 3.06 bits per heavy atom. The lowest BCUT2D eigenvalue weighted by Gasteiger charge is -2.17. The smallest absolute Gasteiger partial charge is 0.132 e. The van der Waals surface area contributed by atoms with E-state index in [-0.39, 0.29) is 0 Å². The van der Waals surface area contributed by atoms with Crippen molar-refractivity contribution in [3.8, 4) is 0 Å². The molecule has 3 rings (SSSR count). The second-order valence-electron chi connectivity index (χ2n) is 4.41. The third-order valence-corrected chi connectivity index (χ3v) is 3.24. The Balaban J connectivity index is 1.76. The number of aromatic amines is 1. The van der Waals surface area contributed by atoms with Crippen molar-refractivity contribution in [2.75, 3.05) is 18.0 Å². The van der Waals surface area contributed by atoms with Gasteiger partial charge < -0.3 is 4.90 Å². The van der Waals surface area contributed by atoms with Crippen LogP contribution in [0.25, 0.3) is 0 Å². The van der Waals surface area contributed by atoms with Gasteiger partial charge in [-0.15, -0.1) is 0 Å². The lowest BCUT2D eigenvalue weighted by molar-refractivity contribution is 0.737. The molecule has 1 atom stereocenters. The number of hydrogen-bond donors (Lipinski definition) is 1. The molecule has 1 aliphatic heterocycles. The zero-order chi connectivity index (χ0) is 11.7. The molecule has 1 saturated heterocycles. The van der Waals surface area contributed by atoms with Crippen molar-refractivity contribution < 1.29 is 0 Å². The summed E-state index contributed by atoms with van der Waals surface area (Å²) in [7, 11) is 0. The van der Waals surface area contributed by atoms with Crippen molar-refractivity contribution in [1.82, 2.24) is 20.2 Å². The first kappa shape index (κ1) is 10.3. The molecule has 1 unspecified atom stereocenters. The molecule has 3 heterocycles. The number of nitrogens with zero attached hydrogens (tertiary/aromatic N) is 4. The second kappa shape index (κ2) is 4.16. The third-order valence-electron chi connectivity index (χ3n) is 3.24. The highest BCUT2D eigenvalue weighted by molar-refractivity contribution is 5.40. The first-order valence-corrected chi connectivity index (χ1v) is 5.87. The van der Waals surface area contributed by atoms with Gasteiger partial charge in [-0.1, -0.05) is 0 Å². The number of rotatable bonds is 2. The van der Waals surface area contributed by atoms with Gasteiger partial charge in [-0.2, -0.15) is 5.10 Å². The number of aryl methyl sites for hydroxylation is 1. The molecule has 88 valence electrons. The Morgan fingerprint density at radius 2 is 2.29 bits per heavy atom. The van der Waals surface area contributed by atoms with E-state index in [0.717, 1.165) is 31.2 Å². The van der Waals surface area contributed by atoms with E-state index in [9.17, 15) is 0 Å². The second-order valence-corrected chi connectivity index (χ2v) is 4.41. The van der Waals surface area contributed by atoms with Gasteiger partial charge in [0.1, 0.15) is 11.6 Å². The molecule has 0 aliphatic carbocycles. The first-order valence-electron chi connectivity index (χ1n) is 5.87. The highest BCUT2D eigenvalue weighted by atomic mass is 15.2.